The lowest BCUT2D eigenvalue weighted by Gasteiger charge is -2.27. The molecule has 0 aliphatic rings. The predicted molar refractivity (Wildman–Crippen MR) is 67.8 cm³/mol. The second-order valence-corrected chi connectivity index (χ2v) is 6.70. The maximum Gasteiger partial charge on any atom is 0.325 e. The van der Waals surface area contributed by atoms with E-state index in [2.05, 4.69) is 0 Å². The van der Waals surface area contributed by atoms with Crippen molar-refractivity contribution in [1.29, 1.82) is 0 Å². The van der Waals surface area contributed by atoms with Crippen molar-refractivity contribution in [2.45, 2.75) is 39.0 Å². The average molecular weight is 279 g/mol. The zero-order chi connectivity index (χ0) is 14.5. The minimum atomic E-state index is -3.47. The van der Waals surface area contributed by atoms with Crippen LogP contribution in [0.15, 0.2) is 0 Å². The van der Waals surface area contributed by atoms with Crippen molar-refractivity contribution in [2.24, 2.45) is 0 Å². The van der Waals surface area contributed by atoms with Crippen LogP contribution in [0.1, 0.15) is 27.7 Å². The summed E-state index contributed by atoms with van der Waals surface area (Å²) in [5.41, 5.74) is 0. The first-order chi connectivity index (χ1) is 8.11. The average Bonchev–Trinajstić information content (AvgIpc) is 2.22. The summed E-state index contributed by atoms with van der Waals surface area (Å²) in [6, 6.07) is -0.272. The zero-order valence-corrected chi connectivity index (χ0v) is 12.3. The van der Waals surface area contributed by atoms with E-state index in [1.807, 2.05) is 0 Å². The fourth-order valence-corrected chi connectivity index (χ4v) is 1.78. The molecule has 0 aromatic carbocycles. The minimum Gasteiger partial charge on any atom is -0.465 e. The standard InChI is InChI=1S/C11H21NO5S/c1-6-17-10(13)7-12(8(2)3)11(14)9(4)18(5,15)16/h8-9H,6-7H2,1-5H3. The highest BCUT2D eigenvalue weighted by atomic mass is 32.2. The van der Waals surface area contributed by atoms with Gasteiger partial charge < -0.3 is 9.64 Å². The first kappa shape index (κ1) is 16.9. The molecule has 0 fully saturated rings. The van der Waals surface area contributed by atoms with Gasteiger partial charge >= 0.3 is 5.97 Å². The number of nitrogens with zero attached hydrogens (tertiary/aromatic N) is 1. The van der Waals surface area contributed by atoms with Gasteiger partial charge in [0.05, 0.1) is 6.61 Å². The van der Waals surface area contributed by atoms with E-state index in [1.165, 1.54) is 11.8 Å². The highest BCUT2D eigenvalue weighted by molar-refractivity contribution is 7.92. The van der Waals surface area contributed by atoms with Crippen molar-refractivity contribution in [3.63, 3.8) is 0 Å². The Kier molecular flexibility index (Phi) is 6.31. The molecular formula is C11H21NO5S. The zero-order valence-electron chi connectivity index (χ0n) is 11.5. The van der Waals surface area contributed by atoms with Gasteiger partial charge in [0.2, 0.25) is 5.91 Å². The largest absolute Gasteiger partial charge is 0.465 e. The summed E-state index contributed by atoms with van der Waals surface area (Å²) in [7, 11) is -3.47. The molecule has 0 saturated heterocycles. The Balaban J connectivity index is 4.92. The number of hydrogen-bond donors (Lipinski definition) is 0. The molecule has 0 radical (unpaired) electrons. The predicted octanol–water partition coefficient (Wildman–Crippen LogP) is 0.220. The van der Waals surface area contributed by atoms with E-state index in [9.17, 15) is 18.0 Å². The van der Waals surface area contributed by atoms with Crippen molar-refractivity contribution >= 4 is 21.7 Å². The molecule has 0 spiro atoms. The second kappa shape index (κ2) is 6.72. The Morgan fingerprint density at radius 3 is 2.06 bits per heavy atom. The summed E-state index contributed by atoms with van der Waals surface area (Å²) in [6.07, 6.45) is 0.998. The molecule has 0 aliphatic carbocycles. The number of rotatable bonds is 6. The van der Waals surface area contributed by atoms with Crippen LogP contribution in [0.3, 0.4) is 0 Å². The Labute approximate surface area is 108 Å². The molecule has 0 aliphatic heterocycles. The van der Waals surface area contributed by atoms with Gasteiger partial charge in [-0.2, -0.15) is 0 Å². The number of hydrogen-bond acceptors (Lipinski definition) is 5. The van der Waals surface area contributed by atoms with Crippen LogP contribution in [-0.2, 0) is 24.2 Å². The van der Waals surface area contributed by atoms with Crippen molar-refractivity contribution in [1.82, 2.24) is 4.90 Å². The molecule has 0 aromatic heterocycles. The second-order valence-electron chi connectivity index (χ2n) is 4.34. The van der Waals surface area contributed by atoms with Gasteiger partial charge in [-0.15, -0.1) is 0 Å². The number of ether oxygens (including phenoxy) is 1. The van der Waals surface area contributed by atoms with Gasteiger partial charge in [0.25, 0.3) is 0 Å². The van der Waals surface area contributed by atoms with Crippen LogP contribution < -0.4 is 0 Å². The summed E-state index contributed by atoms with van der Waals surface area (Å²) < 4.78 is 27.5. The highest BCUT2D eigenvalue weighted by Gasteiger charge is 2.31. The van der Waals surface area contributed by atoms with E-state index in [1.54, 1.807) is 20.8 Å². The Hall–Kier alpha value is -1.11. The third-order valence-corrected chi connectivity index (χ3v) is 3.99. The van der Waals surface area contributed by atoms with Crippen molar-refractivity contribution in [2.75, 3.05) is 19.4 Å². The molecule has 1 atom stereocenters. The van der Waals surface area contributed by atoms with Crippen molar-refractivity contribution in [3.8, 4) is 0 Å². The molecule has 7 heteroatoms. The molecular weight excluding hydrogens is 258 g/mol. The molecule has 18 heavy (non-hydrogen) atoms. The third-order valence-electron chi connectivity index (χ3n) is 2.50. The van der Waals surface area contributed by atoms with Gasteiger partial charge in [0.15, 0.2) is 9.84 Å². The molecule has 0 rings (SSSR count). The van der Waals surface area contributed by atoms with Gasteiger partial charge in [-0.3, -0.25) is 9.59 Å². The Bertz CT molecular complexity index is 402. The van der Waals surface area contributed by atoms with Gasteiger partial charge in [-0.25, -0.2) is 8.42 Å². The topological polar surface area (TPSA) is 80.8 Å². The van der Waals surface area contributed by atoms with Gasteiger partial charge in [0, 0.05) is 12.3 Å². The van der Waals surface area contributed by atoms with Crippen LogP contribution in [-0.4, -0.2) is 55.9 Å². The fourth-order valence-electron chi connectivity index (χ4n) is 1.28. The summed E-state index contributed by atoms with van der Waals surface area (Å²) in [5.74, 6) is -1.12. The molecule has 106 valence electrons. The van der Waals surface area contributed by atoms with Gasteiger partial charge in [-0.05, 0) is 27.7 Å². The lowest BCUT2D eigenvalue weighted by molar-refractivity contribution is -0.149. The summed E-state index contributed by atoms with van der Waals surface area (Å²) >= 11 is 0. The number of esters is 1. The van der Waals surface area contributed by atoms with Crippen LogP contribution in [0, 0.1) is 0 Å². The van der Waals surface area contributed by atoms with Crippen molar-refractivity contribution in [3.05, 3.63) is 0 Å². The molecule has 0 saturated carbocycles. The van der Waals surface area contributed by atoms with Gasteiger partial charge in [0.1, 0.15) is 11.8 Å². The first-order valence-electron chi connectivity index (χ1n) is 5.76. The van der Waals surface area contributed by atoms with Crippen LogP contribution >= 0.6 is 0 Å². The number of carbonyl (C=O) groups excluding carboxylic acids is 2. The molecule has 0 N–H and O–H groups in total. The third kappa shape index (κ3) is 5.03. The molecule has 1 unspecified atom stereocenters. The number of amides is 1. The van der Waals surface area contributed by atoms with Crippen LogP contribution in [0.5, 0.6) is 0 Å². The van der Waals surface area contributed by atoms with E-state index >= 15 is 0 Å². The van der Waals surface area contributed by atoms with E-state index in [4.69, 9.17) is 4.74 Å². The summed E-state index contributed by atoms with van der Waals surface area (Å²) in [5, 5.41) is -1.16. The monoisotopic (exact) mass is 279 g/mol. The van der Waals surface area contributed by atoms with Crippen molar-refractivity contribution < 1.29 is 22.7 Å². The maximum absolute atomic E-state index is 12.0. The fraction of sp³-hybridized carbons (Fsp3) is 0.818. The molecule has 0 aromatic rings. The SMILES string of the molecule is CCOC(=O)CN(C(=O)C(C)S(C)(=O)=O)C(C)C. The molecule has 6 nitrogen and oxygen atoms in total. The van der Waals surface area contributed by atoms with Crippen LogP contribution in [0.4, 0.5) is 0 Å². The lowest BCUT2D eigenvalue weighted by Crippen LogP contribution is -2.47. The summed E-state index contributed by atoms with van der Waals surface area (Å²) in [4.78, 5) is 24.6. The van der Waals surface area contributed by atoms with E-state index < -0.39 is 27.0 Å². The van der Waals surface area contributed by atoms with Crippen LogP contribution in [0.25, 0.3) is 0 Å². The quantitative estimate of drug-likeness (QED) is 0.650. The first-order valence-corrected chi connectivity index (χ1v) is 7.71. The molecule has 0 heterocycles. The Morgan fingerprint density at radius 2 is 1.72 bits per heavy atom. The molecule has 0 bridgehead atoms. The maximum atomic E-state index is 12.0. The highest BCUT2D eigenvalue weighted by Crippen LogP contribution is 2.08. The normalized spacial score (nSPS) is 13.2. The van der Waals surface area contributed by atoms with Gasteiger partial charge in [-0.1, -0.05) is 0 Å². The van der Waals surface area contributed by atoms with E-state index in [0.717, 1.165) is 6.26 Å². The molecule has 1 amide bonds. The minimum absolute atomic E-state index is 0.223. The van der Waals surface area contributed by atoms with Crippen LogP contribution in [0.2, 0.25) is 0 Å². The lowest BCUT2D eigenvalue weighted by atomic mass is 10.2. The smallest absolute Gasteiger partial charge is 0.325 e. The Morgan fingerprint density at radius 1 is 1.22 bits per heavy atom. The van der Waals surface area contributed by atoms with E-state index in [-0.39, 0.29) is 19.2 Å². The number of sulfone groups is 1. The summed E-state index contributed by atoms with van der Waals surface area (Å²) in [6.45, 7) is 6.40. The number of carbonyl (C=O) groups is 2. The van der Waals surface area contributed by atoms with E-state index in [0.29, 0.717) is 0 Å².